The smallest absolute Gasteiger partial charge is 0.407 e. The first-order valence-corrected chi connectivity index (χ1v) is 19.7. The van der Waals surface area contributed by atoms with Crippen LogP contribution in [0.15, 0.2) is 85.5 Å². The first-order valence-electron chi connectivity index (χ1n) is 19.7. The molecule has 15 nitrogen and oxygen atoms in total. The van der Waals surface area contributed by atoms with Gasteiger partial charge in [0.05, 0.1) is 43.0 Å². The number of imidazole rings is 2. The molecule has 0 saturated carbocycles. The number of rotatable bonds is 12. The summed E-state index contributed by atoms with van der Waals surface area (Å²) in [6.07, 6.45) is 7.99. The highest BCUT2D eigenvalue weighted by molar-refractivity contribution is 5.86. The molecule has 5 heterocycles. The molecule has 3 aromatic heterocycles. The number of aromatic amines is 2. The Balaban J connectivity index is 1.000. The van der Waals surface area contributed by atoms with Crippen LogP contribution < -0.4 is 10.6 Å². The van der Waals surface area contributed by atoms with Crippen molar-refractivity contribution in [3.05, 3.63) is 103 Å². The van der Waals surface area contributed by atoms with E-state index in [0.717, 1.165) is 70.7 Å². The highest BCUT2D eigenvalue weighted by atomic mass is 16.6. The monoisotopic (exact) mass is 787 g/mol. The van der Waals surface area contributed by atoms with E-state index in [2.05, 4.69) is 59.8 Å². The van der Waals surface area contributed by atoms with Crippen LogP contribution in [-0.2, 0) is 25.5 Å². The summed E-state index contributed by atoms with van der Waals surface area (Å²) in [6, 6.07) is 18.9. The average Bonchev–Trinajstić information content (AvgIpc) is 4.09. The molecule has 4 N–H and O–H groups in total. The Hall–Kier alpha value is -6.51. The van der Waals surface area contributed by atoms with Gasteiger partial charge in [-0.1, -0.05) is 68.4 Å². The van der Waals surface area contributed by atoms with E-state index in [1.54, 1.807) is 40.7 Å². The Kier molecular flexibility index (Phi) is 12.1. The zero-order chi connectivity index (χ0) is 40.8. The Morgan fingerprint density at radius 2 is 1.29 bits per heavy atom. The van der Waals surface area contributed by atoms with Gasteiger partial charge in [0, 0.05) is 39.0 Å². The summed E-state index contributed by atoms with van der Waals surface area (Å²) in [6.45, 7) is 4.92. The number of carbonyl (C=O) groups excluding carboxylic acids is 4. The van der Waals surface area contributed by atoms with Crippen molar-refractivity contribution in [1.29, 1.82) is 0 Å². The largest absolute Gasteiger partial charge is 0.453 e. The van der Waals surface area contributed by atoms with Gasteiger partial charge in [-0.2, -0.15) is 0 Å². The second-order valence-corrected chi connectivity index (χ2v) is 15.0. The molecule has 4 amide bonds. The lowest BCUT2D eigenvalue weighted by atomic mass is 10.0. The molecule has 4 atom stereocenters. The number of amides is 4. The van der Waals surface area contributed by atoms with Gasteiger partial charge in [-0.25, -0.2) is 19.6 Å². The minimum Gasteiger partial charge on any atom is -0.453 e. The molecule has 2 aromatic carbocycles. The Morgan fingerprint density at radius 3 is 1.78 bits per heavy atom. The number of methoxy groups -OCH3 is 1. The standard InChI is InChI=1S/C43H49N9O6/c1-26(2)37(50-43(56)57-4)41(54)52-21-7-10-35(52)39-47-25-33(49-39)31-17-13-29(14-18-31)28-11-15-30(16-12-28)32-24-46-38(48-32)34-9-6-20-51(34)40(53)36(58-42(55)44-3)22-27-8-5-19-45-23-27/h5,8,11-19,23-26,34-37H,6-7,9-10,20-22H2,1-4H3,(H,44,55)(H,46,48)(H,47,49)(H,50,56)/t34-,35-,36-,37-/m0/s1. The second-order valence-electron chi connectivity index (χ2n) is 15.0. The first kappa shape index (κ1) is 39.7. The molecule has 2 aliphatic heterocycles. The third-order valence-corrected chi connectivity index (χ3v) is 10.9. The third-order valence-electron chi connectivity index (χ3n) is 10.9. The molecule has 2 aliphatic rings. The summed E-state index contributed by atoms with van der Waals surface area (Å²) in [4.78, 5) is 75.5. The van der Waals surface area contributed by atoms with Gasteiger partial charge in [0.15, 0.2) is 6.10 Å². The molecule has 0 radical (unpaired) electrons. The van der Waals surface area contributed by atoms with Crippen LogP contribution in [0.25, 0.3) is 33.6 Å². The van der Waals surface area contributed by atoms with E-state index in [1.807, 2.05) is 44.2 Å². The van der Waals surface area contributed by atoms with Crippen LogP contribution in [0.2, 0.25) is 0 Å². The SMILES string of the molecule is CNC(=O)O[C@@H](Cc1cccnc1)C(=O)N1CCC[C@H]1c1ncc(-c2ccc(-c3ccc(-c4cnc([C@@H]5CCCN5C(=O)[C@@H](NC(=O)OC)C(C)C)[nH]4)cc3)cc2)[nH]1. The van der Waals surface area contributed by atoms with Gasteiger partial charge in [0.25, 0.3) is 5.91 Å². The van der Waals surface area contributed by atoms with Crippen LogP contribution >= 0.6 is 0 Å². The van der Waals surface area contributed by atoms with Gasteiger partial charge < -0.3 is 39.9 Å². The highest BCUT2D eigenvalue weighted by Crippen LogP contribution is 2.35. The van der Waals surface area contributed by atoms with Crippen LogP contribution in [0.1, 0.15) is 68.8 Å². The van der Waals surface area contributed by atoms with Gasteiger partial charge in [0.1, 0.15) is 17.7 Å². The van der Waals surface area contributed by atoms with Gasteiger partial charge in [-0.3, -0.25) is 14.6 Å². The fraction of sp³-hybridized carbons (Fsp3) is 0.372. The summed E-state index contributed by atoms with van der Waals surface area (Å²) in [5, 5.41) is 5.14. The predicted octanol–water partition coefficient (Wildman–Crippen LogP) is 6.20. The lowest BCUT2D eigenvalue weighted by molar-refractivity contribution is -0.141. The zero-order valence-electron chi connectivity index (χ0n) is 33.1. The van der Waals surface area contributed by atoms with Crippen LogP contribution in [0.3, 0.4) is 0 Å². The van der Waals surface area contributed by atoms with E-state index in [9.17, 15) is 19.2 Å². The van der Waals surface area contributed by atoms with Crippen molar-refractivity contribution in [3.63, 3.8) is 0 Å². The summed E-state index contributed by atoms with van der Waals surface area (Å²) < 4.78 is 10.3. The molecule has 302 valence electrons. The molecule has 0 spiro atoms. The van der Waals surface area contributed by atoms with E-state index in [1.165, 1.54) is 14.2 Å². The fourth-order valence-electron chi connectivity index (χ4n) is 7.78. The molecular weight excluding hydrogens is 739 g/mol. The maximum Gasteiger partial charge on any atom is 0.407 e. The van der Waals surface area contributed by atoms with Crippen molar-refractivity contribution >= 4 is 24.0 Å². The number of nitrogens with zero attached hydrogens (tertiary/aromatic N) is 5. The van der Waals surface area contributed by atoms with Crippen LogP contribution in [0, 0.1) is 5.92 Å². The van der Waals surface area contributed by atoms with Crippen LogP contribution in [0.4, 0.5) is 9.59 Å². The van der Waals surface area contributed by atoms with Crippen molar-refractivity contribution in [3.8, 4) is 33.6 Å². The molecular formula is C43H49N9O6. The maximum absolute atomic E-state index is 13.8. The number of hydrogen-bond donors (Lipinski definition) is 4. The maximum atomic E-state index is 13.8. The van der Waals surface area contributed by atoms with Crippen LogP contribution in [0.5, 0.6) is 0 Å². The normalized spacial score (nSPS) is 17.5. The molecule has 0 bridgehead atoms. The van der Waals surface area contributed by atoms with E-state index in [4.69, 9.17) is 9.47 Å². The average molecular weight is 788 g/mol. The van der Waals surface area contributed by atoms with Crippen molar-refractivity contribution in [2.45, 2.75) is 70.2 Å². The number of benzene rings is 2. The third kappa shape index (κ3) is 8.72. The minimum absolute atomic E-state index is 0.109. The Labute approximate surface area is 337 Å². The van der Waals surface area contributed by atoms with Gasteiger partial charge >= 0.3 is 12.2 Å². The van der Waals surface area contributed by atoms with Crippen molar-refractivity contribution in [1.82, 2.24) is 45.4 Å². The van der Waals surface area contributed by atoms with Crippen LogP contribution in [-0.4, -0.2) is 98.1 Å². The van der Waals surface area contributed by atoms with Gasteiger partial charge in [-0.15, -0.1) is 0 Å². The summed E-state index contributed by atoms with van der Waals surface area (Å²) in [5.74, 6) is 0.881. The van der Waals surface area contributed by atoms with Crippen molar-refractivity contribution in [2.75, 3.05) is 27.2 Å². The Morgan fingerprint density at radius 1 is 0.759 bits per heavy atom. The van der Waals surface area contributed by atoms with Gasteiger partial charge in [0.2, 0.25) is 5.91 Å². The highest BCUT2D eigenvalue weighted by Gasteiger charge is 2.39. The fourth-order valence-corrected chi connectivity index (χ4v) is 7.78. The van der Waals surface area contributed by atoms with Crippen molar-refractivity contribution < 1.29 is 28.7 Å². The number of hydrogen-bond acceptors (Lipinski definition) is 9. The lowest BCUT2D eigenvalue weighted by Gasteiger charge is -2.30. The molecule has 0 aliphatic carbocycles. The molecule has 58 heavy (non-hydrogen) atoms. The molecule has 2 fully saturated rings. The molecule has 2 saturated heterocycles. The summed E-state index contributed by atoms with van der Waals surface area (Å²) in [5.41, 5.74) is 6.50. The second kappa shape index (κ2) is 17.7. The summed E-state index contributed by atoms with van der Waals surface area (Å²) in [7, 11) is 2.75. The van der Waals surface area contributed by atoms with E-state index >= 15 is 0 Å². The number of alkyl carbamates (subject to hydrolysis) is 2. The first-order chi connectivity index (χ1) is 28.1. The van der Waals surface area contributed by atoms with Gasteiger partial charge in [-0.05, 0) is 65.5 Å². The number of ether oxygens (including phenoxy) is 2. The summed E-state index contributed by atoms with van der Waals surface area (Å²) >= 11 is 0. The molecule has 15 heteroatoms. The van der Waals surface area contributed by atoms with Crippen molar-refractivity contribution in [2.24, 2.45) is 5.92 Å². The predicted molar refractivity (Wildman–Crippen MR) is 216 cm³/mol. The van der Waals surface area contributed by atoms with E-state index < -0.39 is 24.3 Å². The van der Waals surface area contributed by atoms with E-state index in [-0.39, 0.29) is 36.2 Å². The molecule has 0 unspecified atom stereocenters. The number of aromatic nitrogens is 5. The minimum atomic E-state index is -1.00. The number of pyridine rings is 1. The van der Waals surface area contributed by atoms with E-state index in [0.29, 0.717) is 18.9 Å². The zero-order valence-corrected chi connectivity index (χ0v) is 33.1. The topological polar surface area (TPSA) is 188 Å². The molecule has 7 rings (SSSR count). The number of carbonyl (C=O) groups is 4. The Bertz CT molecular complexity index is 2200. The number of H-pyrrole nitrogens is 2. The lowest BCUT2D eigenvalue weighted by Crippen LogP contribution is -2.51. The molecule has 5 aromatic rings. The number of nitrogens with one attached hydrogen (secondary N) is 4. The number of likely N-dealkylation sites (tertiary alicyclic amines) is 2. The quantitative estimate of drug-likeness (QED) is 0.114.